The van der Waals surface area contributed by atoms with Crippen molar-refractivity contribution in [2.24, 2.45) is 5.92 Å². The van der Waals surface area contributed by atoms with Crippen LogP contribution in [-0.4, -0.2) is 26.3 Å². The number of aliphatic hydroxyl groups excluding tert-OH is 1. The van der Waals surface area contributed by atoms with Crippen molar-refractivity contribution in [2.75, 3.05) is 0 Å². The third-order valence-corrected chi connectivity index (χ3v) is 3.02. The first kappa shape index (κ1) is 14.1. The van der Waals surface area contributed by atoms with Gasteiger partial charge in [0.2, 0.25) is 11.7 Å². The molecule has 102 valence electrons. The fourth-order valence-electron chi connectivity index (χ4n) is 1.82. The number of hydrogen-bond donors (Lipinski definition) is 1. The van der Waals surface area contributed by atoms with Crippen LogP contribution in [0.15, 0.2) is 27.5 Å². The van der Waals surface area contributed by atoms with Gasteiger partial charge < -0.3 is 9.63 Å². The van der Waals surface area contributed by atoms with E-state index >= 15 is 0 Å². The fourth-order valence-corrected chi connectivity index (χ4v) is 2.18. The van der Waals surface area contributed by atoms with Crippen molar-refractivity contribution < 1.29 is 9.63 Å². The molecule has 2 heterocycles. The van der Waals surface area contributed by atoms with Gasteiger partial charge in [-0.25, -0.2) is 0 Å². The van der Waals surface area contributed by atoms with Crippen molar-refractivity contribution in [1.82, 2.24) is 15.1 Å². The van der Waals surface area contributed by atoms with Gasteiger partial charge in [-0.05, 0) is 34.3 Å². The van der Waals surface area contributed by atoms with Gasteiger partial charge in [0.25, 0.3) is 0 Å². The smallest absolute Gasteiger partial charge is 0.229 e. The standard InChI is InChI=1S/C13H16BrN3O2/c1-8(2)3-11(18)5-12-16-13(17-19-12)9-4-10(14)7-15-6-9/h4,6-8,11,18H,3,5H2,1-2H3. The second-order valence-electron chi connectivity index (χ2n) is 4.89. The van der Waals surface area contributed by atoms with E-state index in [2.05, 4.69) is 44.9 Å². The van der Waals surface area contributed by atoms with E-state index in [0.29, 0.717) is 24.1 Å². The van der Waals surface area contributed by atoms with Gasteiger partial charge >= 0.3 is 0 Å². The summed E-state index contributed by atoms with van der Waals surface area (Å²) < 4.78 is 6.00. The highest BCUT2D eigenvalue weighted by Crippen LogP contribution is 2.19. The summed E-state index contributed by atoms with van der Waals surface area (Å²) in [5.41, 5.74) is 0.780. The number of aliphatic hydroxyl groups is 1. The number of nitrogens with zero attached hydrogens (tertiary/aromatic N) is 3. The van der Waals surface area contributed by atoms with Crippen molar-refractivity contribution >= 4 is 15.9 Å². The lowest BCUT2D eigenvalue weighted by Crippen LogP contribution is -2.13. The molecule has 0 fully saturated rings. The van der Waals surface area contributed by atoms with Crippen LogP contribution in [0.5, 0.6) is 0 Å². The molecule has 2 rings (SSSR count). The molecule has 1 N–H and O–H groups in total. The first-order valence-corrected chi connectivity index (χ1v) is 6.95. The zero-order chi connectivity index (χ0) is 13.8. The third kappa shape index (κ3) is 4.11. The van der Waals surface area contributed by atoms with E-state index in [1.54, 1.807) is 12.4 Å². The predicted molar refractivity (Wildman–Crippen MR) is 74.4 cm³/mol. The lowest BCUT2D eigenvalue weighted by Gasteiger charge is -2.09. The molecule has 0 spiro atoms. The number of rotatable bonds is 5. The molecule has 1 atom stereocenters. The Labute approximate surface area is 120 Å². The zero-order valence-electron chi connectivity index (χ0n) is 10.9. The minimum absolute atomic E-state index is 0.382. The second-order valence-corrected chi connectivity index (χ2v) is 5.81. The molecule has 2 aromatic heterocycles. The number of pyridine rings is 1. The van der Waals surface area contributed by atoms with Crippen LogP contribution in [0.2, 0.25) is 0 Å². The Balaban J connectivity index is 2.07. The zero-order valence-corrected chi connectivity index (χ0v) is 12.5. The van der Waals surface area contributed by atoms with E-state index in [1.165, 1.54) is 0 Å². The highest BCUT2D eigenvalue weighted by molar-refractivity contribution is 9.10. The summed E-state index contributed by atoms with van der Waals surface area (Å²) in [5, 5.41) is 13.8. The van der Waals surface area contributed by atoms with E-state index in [-0.39, 0.29) is 0 Å². The molecule has 0 saturated heterocycles. The van der Waals surface area contributed by atoms with Crippen molar-refractivity contribution in [3.8, 4) is 11.4 Å². The predicted octanol–water partition coefficient (Wildman–Crippen LogP) is 2.84. The Bertz CT molecular complexity index is 542. The molecule has 1 unspecified atom stereocenters. The molecule has 0 saturated carbocycles. The lowest BCUT2D eigenvalue weighted by molar-refractivity contribution is 0.138. The molecule has 0 aromatic carbocycles. The van der Waals surface area contributed by atoms with Crippen molar-refractivity contribution in [1.29, 1.82) is 0 Å². The molecule has 5 nitrogen and oxygen atoms in total. The van der Waals surface area contributed by atoms with Gasteiger partial charge in [0.15, 0.2) is 0 Å². The van der Waals surface area contributed by atoms with Crippen molar-refractivity contribution in [3.05, 3.63) is 28.8 Å². The molecule has 0 amide bonds. The molecule has 0 aliphatic rings. The van der Waals surface area contributed by atoms with Crippen LogP contribution in [0.4, 0.5) is 0 Å². The topological polar surface area (TPSA) is 72.0 Å². The summed E-state index contributed by atoms with van der Waals surface area (Å²) in [6.07, 6.45) is 4.01. The fraction of sp³-hybridized carbons (Fsp3) is 0.462. The summed E-state index contributed by atoms with van der Waals surface area (Å²) in [5.74, 6) is 1.37. The Morgan fingerprint density at radius 1 is 1.37 bits per heavy atom. The highest BCUT2D eigenvalue weighted by atomic mass is 79.9. The van der Waals surface area contributed by atoms with Crippen LogP contribution >= 0.6 is 15.9 Å². The van der Waals surface area contributed by atoms with Crippen molar-refractivity contribution in [2.45, 2.75) is 32.8 Å². The Morgan fingerprint density at radius 2 is 2.16 bits per heavy atom. The first-order valence-electron chi connectivity index (χ1n) is 6.16. The van der Waals surface area contributed by atoms with E-state index in [1.807, 2.05) is 6.07 Å². The lowest BCUT2D eigenvalue weighted by atomic mass is 10.0. The number of hydrogen-bond acceptors (Lipinski definition) is 5. The quantitative estimate of drug-likeness (QED) is 0.915. The van der Waals surface area contributed by atoms with Gasteiger partial charge in [-0.3, -0.25) is 4.98 Å². The van der Waals surface area contributed by atoms with Crippen LogP contribution in [0.1, 0.15) is 26.2 Å². The summed E-state index contributed by atoms with van der Waals surface area (Å²) >= 11 is 3.34. The largest absolute Gasteiger partial charge is 0.393 e. The first-order chi connectivity index (χ1) is 9.04. The molecule has 19 heavy (non-hydrogen) atoms. The molecule has 0 radical (unpaired) electrons. The van der Waals surface area contributed by atoms with Crippen LogP contribution in [0.25, 0.3) is 11.4 Å². The van der Waals surface area contributed by atoms with Gasteiger partial charge in [-0.15, -0.1) is 0 Å². The Hall–Kier alpha value is -1.27. The summed E-state index contributed by atoms with van der Waals surface area (Å²) in [4.78, 5) is 8.32. The average Bonchev–Trinajstić information content (AvgIpc) is 2.76. The van der Waals surface area contributed by atoms with Crippen LogP contribution < -0.4 is 0 Å². The van der Waals surface area contributed by atoms with Crippen LogP contribution in [0, 0.1) is 5.92 Å². The normalized spacial score (nSPS) is 12.9. The summed E-state index contributed by atoms with van der Waals surface area (Å²) in [6, 6.07) is 1.87. The molecule has 6 heteroatoms. The molecular formula is C13H16BrN3O2. The van der Waals surface area contributed by atoms with Gasteiger partial charge in [-0.1, -0.05) is 19.0 Å². The van der Waals surface area contributed by atoms with Crippen molar-refractivity contribution in [3.63, 3.8) is 0 Å². The monoisotopic (exact) mass is 325 g/mol. The summed E-state index contributed by atoms with van der Waals surface area (Å²) in [7, 11) is 0. The SMILES string of the molecule is CC(C)CC(O)Cc1nc(-c2cncc(Br)c2)no1. The van der Waals surface area contributed by atoms with Gasteiger partial charge in [0, 0.05) is 22.4 Å². The van der Waals surface area contributed by atoms with E-state index < -0.39 is 6.10 Å². The molecule has 2 aromatic rings. The van der Waals surface area contributed by atoms with E-state index in [4.69, 9.17) is 4.52 Å². The van der Waals surface area contributed by atoms with Crippen LogP contribution in [0.3, 0.4) is 0 Å². The van der Waals surface area contributed by atoms with Gasteiger partial charge in [0.1, 0.15) is 0 Å². The molecule has 0 bridgehead atoms. The maximum atomic E-state index is 9.85. The third-order valence-electron chi connectivity index (χ3n) is 2.58. The molecule has 0 aliphatic heterocycles. The minimum atomic E-state index is -0.450. The Morgan fingerprint density at radius 3 is 2.84 bits per heavy atom. The molecular weight excluding hydrogens is 310 g/mol. The maximum Gasteiger partial charge on any atom is 0.229 e. The van der Waals surface area contributed by atoms with E-state index in [9.17, 15) is 5.11 Å². The number of aromatic nitrogens is 3. The number of halogens is 1. The van der Waals surface area contributed by atoms with Gasteiger partial charge in [-0.2, -0.15) is 4.98 Å². The highest BCUT2D eigenvalue weighted by Gasteiger charge is 2.14. The maximum absolute atomic E-state index is 9.85. The average molecular weight is 326 g/mol. The van der Waals surface area contributed by atoms with Crippen LogP contribution in [-0.2, 0) is 6.42 Å². The Kier molecular flexibility index (Phi) is 4.66. The molecule has 0 aliphatic carbocycles. The van der Waals surface area contributed by atoms with Gasteiger partial charge in [0.05, 0.1) is 12.5 Å². The summed E-state index contributed by atoms with van der Waals surface area (Å²) in [6.45, 7) is 4.13. The van der Waals surface area contributed by atoms with E-state index in [0.717, 1.165) is 16.5 Å². The second kappa shape index (κ2) is 6.25. The minimum Gasteiger partial charge on any atom is -0.393 e.